The molecule has 36 heavy (non-hydrogen) atoms. The van der Waals surface area contributed by atoms with Gasteiger partial charge in [-0.2, -0.15) is 5.10 Å². The molecule has 4 aromatic rings. The quantitative estimate of drug-likeness (QED) is 0.400. The molecule has 1 atom stereocenters. The van der Waals surface area contributed by atoms with Crippen molar-refractivity contribution in [2.45, 2.75) is 31.9 Å². The van der Waals surface area contributed by atoms with Crippen LogP contribution in [0, 0.1) is 0 Å². The number of carbonyl (C=O) groups excluding carboxylic acids is 1. The largest absolute Gasteiger partial charge is 0.573 e. The molecule has 9 nitrogen and oxygen atoms in total. The van der Waals surface area contributed by atoms with Crippen molar-refractivity contribution in [3.05, 3.63) is 87.6 Å². The summed E-state index contributed by atoms with van der Waals surface area (Å²) in [4.78, 5) is 29.9. The smallest absolute Gasteiger partial charge is 0.406 e. The molecule has 1 aromatic carbocycles. The molecule has 3 heterocycles. The molecule has 0 spiro atoms. The average molecular weight is 522 g/mol. The van der Waals surface area contributed by atoms with E-state index in [-0.39, 0.29) is 22.1 Å². The summed E-state index contributed by atoms with van der Waals surface area (Å²) in [7, 11) is 0. The van der Waals surface area contributed by atoms with Crippen LogP contribution in [0.1, 0.15) is 35.8 Å². The molecular weight excluding hydrogens is 503 g/mol. The fourth-order valence-corrected chi connectivity index (χ4v) is 3.70. The van der Waals surface area contributed by atoms with Gasteiger partial charge in [0, 0.05) is 12.4 Å². The minimum atomic E-state index is -4.85. The summed E-state index contributed by atoms with van der Waals surface area (Å²) in [6.07, 6.45) is -0.602. The fourth-order valence-electron chi connectivity index (χ4n) is 3.54. The van der Waals surface area contributed by atoms with Gasteiger partial charge in [-0.25, -0.2) is 9.50 Å². The molecule has 0 fully saturated rings. The molecule has 188 valence electrons. The van der Waals surface area contributed by atoms with E-state index < -0.39 is 35.2 Å². The van der Waals surface area contributed by atoms with Crippen molar-refractivity contribution < 1.29 is 27.8 Å². The minimum Gasteiger partial charge on any atom is -0.406 e. The van der Waals surface area contributed by atoms with Crippen molar-refractivity contribution in [1.82, 2.24) is 24.5 Å². The van der Waals surface area contributed by atoms with Crippen LogP contribution in [0.3, 0.4) is 0 Å². The van der Waals surface area contributed by atoms with Gasteiger partial charge >= 0.3 is 6.36 Å². The van der Waals surface area contributed by atoms with Gasteiger partial charge in [-0.1, -0.05) is 23.7 Å². The second-order valence-corrected chi connectivity index (χ2v) is 8.73. The molecule has 0 aliphatic carbocycles. The third-order valence-electron chi connectivity index (χ3n) is 5.18. The summed E-state index contributed by atoms with van der Waals surface area (Å²) in [5.41, 5.74) is -1.50. The number of aromatic nitrogens is 4. The van der Waals surface area contributed by atoms with Crippen molar-refractivity contribution in [2.75, 3.05) is 0 Å². The molecule has 0 aliphatic rings. The molecule has 0 saturated carbocycles. The molecule has 2 N–H and O–H groups in total. The Morgan fingerprint density at radius 1 is 1.14 bits per heavy atom. The first kappa shape index (κ1) is 25.2. The first-order valence-corrected chi connectivity index (χ1v) is 10.8. The van der Waals surface area contributed by atoms with E-state index >= 15 is 0 Å². The molecule has 13 heteroatoms. The van der Waals surface area contributed by atoms with E-state index in [0.29, 0.717) is 5.56 Å². The number of benzene rings is 1. The number of fused-ring (bicyclic) bond motifs is 1. The van der Waals surface area contributed by atoms with Crippen LogP contribution in [-0.4, -0.2) is 42.1 Å². The minimum absolute atomic E-state index is 0.00896. The van der Waals surface area contributed by atoms with Gasteiger partial charge in [0.15, 0.2) is 5.65 Å². The van der Waals surface area contributed by atoms with Crippen molar-refractivity contribution in [2.24, 2.45) is 0 Å². The first-order chi connectivity index (χ1) is 16.8. The van der Waals surface area contributed by atoms with Gasteiger partial charge in [0.2, 0.25) is 0 Å². The Morgan fingerprint density at radius 3 is 2.47 bits per heavy atom. The Kier molecular flexibility index (Phi) is 6.50. The van der Waals surface area contributed by atoms with E-state index in [0.717, 1.165) is 12.1 Å². The van der Waals surface area contributed by atoms with Crippen molar-refractivity contribution >= 4 is 23.2 Å². The van der Waals surface area contributed by atoms with Gasteiger partial charge in [-0.3, -0.25) is 14.2 Å². The number of alkyl halides is 3. The zero-order valence-electron chi connectivity index (χ0n) is 18.8. The Morgan fingerprint density at radius 2 is 1.83 bits per heavy atom. The van der Waals surface area contributed by atoms with E-state index in [9.17, 15) is 27.9 Å². The fraction of sp³-hybridized carbons (Fsp3) is 0.217. The van der Waals surface area contributed by atoms with Crippen LogP contribution in [-0.2, 0) is 0 Å². The predicted octanol–water partition coefficient (Wildman–Crippen LogP) is 3.67. The standard InChI is InChI=1S/C23H19ClF3N5O4/c1-22(2,35)18(13-5-7-14(8-6-13)36-23(25,26)27)30-20(33)15-12-28-32-11-9-17(29-19(15)32)31-10-3-4-16(24)21(31)34/h3-12,18,35H,1-2H3,(H,30,33)/t18-/m0/s1. The summed E-state index contributed by atoms with van der Waals surface area (Å²) in [6, 6.07) is 8.29. The van der Waals surface area contributed by atoms with Crippen LogP contribution >= 0.6 is 11.6 Å². The van der Waals surface area contributed by atoms with Crippen LogP contribution in [0.15, 0.2) is 65.8 Å². The molecule has 0 bridgehead atoms. The lowest BCUT2D eigenvalue weighted by Gasteiger charge is -2.30. The molecule has 0 radical (unpaired) electrons. The van der Waals surface area contributed by atoms with E-state index in [1.807, 2.05) is 0 Å². The third kappa shape index (κ3) is 5.34. The van der Waals surface area contributed by atoms with Gasteiger partial charge in [0.05, 0.1) is 17.8 Å². The Labute approximate surface area is 206 Å². The molecule has 3 aromatic heterocycles. The van der Waals surface area contributed by atoms with Crippen LogP contribution in [0.25, 0.3) is 11.5 Å². The summed E-state index contributed by atoms with van der Waals surface area (Å²) >= 11 is 5.91. The van der Waals surface area contributed by atoms with E-state index in [1.165, 1.54) is 65.8 Å². The lowest BCUT2D eigenvalue weighted by atomic mass is 9.91. The average Bonchev–Trinajstić information content (AvgIpc) is 3.21. The number of hydrogen-bond acceptors (Lipinski definition) is 6. The topological polar surface area (TPSA) is 111 Å². The van der Waals surface area contributed by atoms with Gasteiger partial charge in [0.25, 0.3) is 11.5 Å². The van der Waals surface area contributed by atoms with Crippen LogP contribution in [0.4, 0.5) is 13.2 Å². The third-order valence-corrected chi connectivity index (χ3v) is 5.46. The highest BCUT2D eigenvalue weighted by Crippen LogP contribution is 2.29. The van der Waals surface area contributed by atoms with Crippen LogP contribution in [0.2, 0.25) is 5.02 Å². The summed E-state index contributed by atoms with van der Waals surface area (Å²) < 4.78 is 43.8. The SMILES string of the molecule is CC(C)(O)[C@@H](NC(=O)c1cnn2ccc(-n3cccc(Cl)c3=O)nc12)c1ccc(OC(F)(F)F)cc1. The Balaban J connectivity index is 1.66. The second kappa shape index (κ2) is 9.28. The highest BCUT2D eigenvalue weighted by atomic mass is 35.5. The van der Waals surface area contributed by atoms with Gasteiger partial charge < -0.3 is 15.2 Å². The Hall–Kier alpha value is -3.90. The van der Waals surface area contributed by atoms with E-state index in [1.54, 1.807) is 6.07 Å². The number of nitrogens with one attached hydrogen (secondary N) is 1. The van der Waals surface area contributed by atoms with Crippen molar-refractivity contribution in [1.29, 1.82) is 0 Å². The van der Waals surface area contributed by atoms with E-state index in [2.05, 4.69) is 20.1 Å². The highest BCUT2D eigenvalue weighted by molar-refractivity contribution is 6.30. The first-order valence-electron chi connectivity index (χ1n) is 10.4. The van der Waals surface area contributed by atoms with Crippen LogP contribution in [0.5, 0.6) is 5.75 Å². The maximum Gasteiger partial charge on any atom is 0.573 e. The maximum atomic E-state index is 13.2. The molecular formula is C23H19ClF3N5O4. The number of aliphatic hydroxyl groups is 1. The normalized spacial score (nSPS) is 13.0. The van der Waals surface area contributed by atoms with Gasteiger partial charge in [-0.15, -0.1) is 13.2 Å². The number of nitrogens with zero attached hydrogens (tertiary/aromatic N) is 4. The molecule has 1 amide bonds. The second-order valence-electron chi connectivity index (χ2n) is 8.32. The maximum absolute atomic E-state index is 13.2. The predicted molar refractivity (Wildman–Crippen MR) is 123 cm³/mol. The van der Waals surface area contributed by atoms with Crippen molar-refractivity contribution in [3.8, 4) is 11.6 Å². The highest BCUT2D eigenvalue weighted by Gasteiger charge is 2.33. The molecule has 0 saturated heterocycles. The summed E-state index contributed by atoms with van der Waals surface area (Å²) in [5.74, 6) is -0.901. The number of amides is 1. The zero-order valence-corrected chi connectivity index (χ0v) is 19.6. The molecule has 0 unspecified atom stereocenters. The summed E-state index contributed by atoms with van der Waals surface area (Å²) in [5, 5.41) is 17.5. The number of halogens is 4. The lowest BCUT2D eigenvalue weighted by molar-refractivity contribution is -0.274. The zero-order chi connectivity index (χ0) is 26.3. The van der Waals surface area contributed by atoms with Crippen molar-refractivity contribution in [3.63, 3.8) is 0 Å². The monoisotopic (exact) mass is 521 g/mol. The molecule has 0 aliphatic heterocycles. The Bertz CT molecular complexity index is 1480. The number of pyridine rings is 1. The number of rotatable bonds is 6. The summed E-state index contributed by atoms with van der Waals surface area (Å²) in [6.45, 7) is 2.88. The number of hydrogen-bond donors (Lipinski definition) is 2. The van der Waals surface area contributed by atoms with E-state index in [4.69, 9.17) is 11.6 Å². The number of ether oxygens (including phenoxy) is 1. The van der Waals surface area contributed by atoms with Gasteiger partial charge in [0.1, 0.15) is 22.2 Å². The number of carbonyl (C=O) groups is 1. The molecule has 4 rings (SSSR count). The van der Waals surface area contributed by atoms with Gasteiger partial charge in [-0.05, 0) is 49.7 Å². The lowest BCUT2D eigenvalue weighted by Crippen LogP contribution is -2.42. The van der Waals surface area contributed by atoms with Crippen LogP contribution < -0.4 is 15.6 Å².